The van der Waals surface area contributed by atoms with Crippen molar-refractivity contribution in [2.24, 2.45) is 4.99 Å². The molecule has 1 aromatic carbocycles. The fourth-order valence-electron chi connectivity index (χ4n) is 1.38. The summed E-state index contributed by atoms with van der Waals surface area (Å²) in [5.74, 6) is -0.302. The molecule has 0 saturated heterocycles. The van der Waals surface area contributed by atoms with E-state index in [9.17, 15) is 5.11 Å². The number of pyridine rings is 1. The predicted molar refractivity (Wildman–Crippen MR) is 61.6 cm³/mol. The van der Waals surface area contributed by atoms with Gasteiger partial charge in [0.2, 0.25) is 0 Å². The van der Waals surface area contributed by atoms with Gasteiger partial charge in [-0.25, -0.2) is 0 Å². The summed E-state index contributed by atoms with van der Waals surface area (Å²) in [6.07, 6.45) is 1.60. The van der Waals surface area contributed by atoms with Crippen molar-refractivity contribution in [2.75, 3.05) is 0 Å². The molecule has 0 bridgehead atoms. The number of aromatic nitrogens is 1. The summed E-state index contributed by atoms with van der Waals surface area (Å²) in [5.41, 5.74) is 1.90. The van der Waals surface area contributed by atoms with E-state index in [0.29, 0.717) is 11.4 Å². The molecule has 0 saturated carbocycles. The lowest BCUT2D eigenvalue weighted by Crippen LogP contribution is -2.21. The predicted octanol–water partition coefficient (Wildman–Crippen LogP) is 1.83. The molecular formula is C13H11N2O-. The van der Waals surface area contributed by atoms with E-state index >= 15 is 0 Å². The molecular weight excluding hydrogens is 200 g/mol. The number of hydrogen-bond donors (Lipinski definition) is 0. The van der Waals surface area contributed by atoms with E-state index in [1.165, 1.54) is 0 Å². The Morgan fingerprint density at radius 3 is 2.56 bits per heavy atom. The Balaban J connectivity index is 2.36. The highest BCUT2D eigenvalue weighted by atomic mass is 16.3. The van der Waals surface area contributed by atoms with Crippen LogP contribution in [-0.2, 0) is 0 Å². The van der Waals surface area contributed by atoms with Gasteiger partial charge in [0, 0.05) is 12.1 Å². The zero-order valence-electron chi connectivity index (χ0n) is 8.92. The molecule has 1 heterocycles. The first kappa shape index (κ1) is 10.4. The van der Waals surface area contributed by atoms with Crippen LogP contribution in [0.25, 0.3) is 0 Å². The van der Waals surface area contributed by atoms with Crippen molar-refractivity contribution in [3.05, 3.63) is 59.9 Å². The molecule has 2 rings (SSSR count). The molecule has 0 spiro atoms. The second-order valence-electron chi connectivity index (χ2n) is 3.42. The van der Waals surface area contributed by atoms with Gasteiger partial charge in [-0.2, -0.15) is 0 Å². The number of para-hydroxylation sites is 1. The van der Waals surface area contributed by atoms with Gasteiger partial charge in [0.25, 0.3) is 0 Å². The number of aryl methyl sites for hydroxylation is 1. The first-order valence-corrected chi connectivity index (χ1v) is 5.00. The quantitative estimate of drug-likeness (QED) is 0.562. The standard InChI is InChI=1S/C13H12N2O/c1-10-6-5-9-14-12(10)13(16)15-11-7-3-2-4-8-11/h2-9H,1H3,(H,15,16)/p-1. The number of aliphatic imine (C=N–C) groups is 1. The summed E-state index contributed by atoms with van der Waals surface area (Å²) in [7, 11) is 0. The Bertz CT molecular complexity index is 506. The Hall–Kier alpha value is -2.16. The fraction of sp³-hybridized carbons (Fsp3) is 0.0769. The van der Waals surface area contributed by atoms with E-state index in [1.807, 2.05) is 31.2 Å². The van der Waals surface area contributed by atoms with Crippen LogP contribution in [0.5, 0.6) is 0 Å². The minimum Gasteiger partial charge on any atom is -0.857 e. The van der Waals surface area contributed by atoms with Gasteiger partial charge in [-0.3, -0.25) is 9.98 Å². The van der Waals surface area contributed by atoms with Crippen LogP contribution in [0, 0.1) is 6.92 Å². The van der Waals surface area contributed by atoms with Gasteiger partial charge >= 0.3 is 0 Å². The number of rotatable bonds is 2. The summed E-state index contributed by atoms with van der Waals surface area (Å²) >= 11 is 0. The highest BCUT2D eigenvalue weighted by Gasteiger charge is 1.97. The zero-order chi connectivity index (χ0) is 11.4. The zero-order valence-corrected chi connectivity index (χ0v) is 8.92. The molecule has 0 N–H and O–H groups in total. The third-order valence-corrected chi connectivity index (χ3v) is 2.20. The molecule has 0 aliphatic rings. The second-order valence-corrected chi connectivity index (χ2v) is 3.42. The van der Waals surface area contributed by atoms with Crippen molar-refractivity contribution < 1.29 is 5.11 Å². The lowest BCUT2D eigenvalue weighted by Gasteiger charge is -2.11. The third kappa shape index (κ3) is 2.25. The van der Waals surface area contributed by atoms with Gasteiger partial charge in [0.1, 0.15) is 0 Å². The van der Waals surface area contributed by atoms with Gasteiger partial charge < -0.3 is 5.11 Å². The maximum absolute atomic E-state index is 11.8. The normalized spacial score (nSPS) is 11.4. The first-order chi connectivity index (χ1) is 7.77. The minimum absolute atomic E-state index is 0.302. The molecule has 0 fully saturated rings. The molecule has 2 aromatic rings. The Morgan fingerprint density at radius 1 is 1.12 bits per heavy atom. The van der Waals surface area contributed by atoms with E-state index in [1.54, 1.807) is 24.4 Å². The molecule has 0 aliphatic heterocycles. The fourth-order valence-corrected chi connectivity index (χ4v) is 1.38. The van der Waals surface area contributed by atoms with Crippen molar-refractivity contribution in [1.29, 1.82) is 0 Å². The number of benzene rings is 1. The molecule has 0 amide bonds. The minimum atomic E-state index is -0.302. The second kappa shape index (κ2) is 4.57. The monoisotopic (exact) mass is 211 g/mol. The summed E-state index contributed by atoms with van der Waals surface area (Å²) in [4.78, 5) is 8.02. The highest BCUT2D eigenvalue weighted by Crippen LogP contribution is 2.11. The topological polar surface area (TPSA) is 48.3 Å². The summed E-state index contributed by atoms with van der Waals surface area (Å²) in [6.45, 7) is 1.85. The highest BCUT2D eigenvalue weighted by molar-refractivity contribution is 5.91. The van der Waals surface area contributed by atoms with Gasteiger partial charge in [-0.15, -0.1) is 0 Å². The number of hydrogen-bond acceptors (Lipinski definition) is 3. The van der Waals surface area contributed by atoms with Crippen LogP contribution in [0.1, 0.15) is 11.3 Å². The van der Waals surface area contributed by atoms with Crippen LogP contribution in [-0.4, -0.2) is 10.9 Å². The largest absolute Gasteiger partial charge is 0.857 e. The maximum Gasteiger partial charge on any atom is 0.0766 e. The molecule has 80 valence electrons. The Labute approximate surface area is 94.1 Å². The molecule has 0 aliphatic carbocycles. The Morgan fingerprint density at radius 2 is 1.88 bits per heavy atom. The molecule has 3 nitrogen and oxygen atoms in total. The molecule has 0 unspecified atom stereocenters. The first-order valence-electron chi connectivity index (χ1n) is 5.00. The van der Waals surface area contributed by atoms with Gasteiger partial charge in [0.05, 0.1) is 11.4 Å². The average Bonchev–Trinajstić information content (AvgIpc) is 2.31. The van der Waals surface area contributed by atoms with Crippen LogP contribution in [0.2, 0.25) is 0 Å². The van der Waals surface area contributed by atoms with E-state index in [-0.39, 0.29) is 5.90 Å². The van der Waals surface area contributed by atoms with Crippen LogP contribution >= 0.6 is 0 Å². The van der Waals surface area contributed by atoms with E-state index in [4.69, 9.17) is 0 Å². The lowest BCUT2D eigenvalue weighted by molar-refractivity contribution is -0.213. The third-order valence-electron chi connectivity index (χ3n) is 2.20. The molecule has 16 heavy (non-hydrogen) atoms. The maximum atomic E-state index is 11.8. The number of nitrogens with zero attached hydrogens (tertiary/aromatic N) is 2. The van der Waals surface area contributed by atoms with Crippen LogP contribution in [0.3, 0.4) is 0 Å². The van der Waals surface area contributed by atoms with E-state index in [2.05, 4.69) is 9.98 Å². The van der Waals surface area contributed by atoms with Gasteiger partial charge in [-0.1, -0.05) is 24.3 Å². The van der Waals surface area contributed by atoms with E-state index < -0.39 is 0 Å². The SMILES string of the molecule is Cc1cccnc1C([O-])=Nc1ccccc1. The van der Waals surface area contributed by atoms with Gasteiger partial charge in [0.15, 0.2) is 0 Å². The van der Waals surface area contributed by atoms with Crippen molar-refractivity contribution in [2.45, 2.75) is 6.92 Å². The smallest absolute Gasteiger partial charge is 0.0766 e. The summed E-state index contributed by atoms with van der Waals surface area (Å²) < 4.78 is 0. The van der Waals surface area contributed by atoms with Crippen molar-refractivity contribution in [3.63, 3.8) is 0 Å². The van der Waals surface area contributed by atoms with Crippen molar-refractivity contribution in [1.82, 2.24) is 4.98 Å². The average molecular weight is 211 g/mol. The van der Waals surface area contributed by atoms with Crippen LogP contribution < -0.4 is 5.11 Å². The molecule has 1 aromatic heterocycles. The van der Waals surface area contributed by atoms with Crippen molar-refractivity contribution in [3.8, 4) is 0 Å². The summed E-state index contributed by atoms with van der Waals surface area (Å²) in [5, 5.41) is 11.8. The summed E-state index contributed by atoms with van der Waals surface area (Å²) in [6, 6.07) is 12.8. The Kier molecular flexibility index (Phi) is 2.96. The van der Waals surface area contributed by atoms with Crippen LogP contribution in [0.15, 0.2) is 53.7 Å². The van der Waals surface area contributed by atoms with Crippen molar-refractivity contribution >= 4 is 11.6 Å². The van der Waals surface area contributed by atoms with Crippen LogP contribution in [0.4, 0.5) is 5.69 Å². The molecule has 3 heteroatoms. The van der Waals surface area contributed by atoms with Gasteiger partial charge in [-0.05, 0) is 30.7 Å². The molecule has 0 radical (unpaired) electrons. The lowest BCUT2D eigenvalue weighted by atomic mass is 10.2. The molecule has 0 atom stereocenters. The van der Waals surface area contributed by atoms with E-state index in [0.717, 1.165) is 5.56 Å².